The van der Waals surface area contributed by atoms with Crippen LogP contribution in [0.15, 0.2) is 46.8 Å². The summed E-state index contributed by atoms with van der Waals surface area (Å²) < 4.78 is 6.72. The molecule has 0 radical (unpaired) electrons. The number of fused-ring (bicyclic) bond motifs is 1. The minimum atomic E-state index is -0.546. The normalized spacial score (nSPS) is 10.7. The van der Waals surface area contributed by atoms with E-state index in [1.165, 1.54) is 35.2 Å². The number of thioether (sulfide) groups is 1. The third-order valence-corrected chi connectivity index (χ3v) is 5.39. The predicted octanol–water partition coefficient (Wildman–Crippen LogP) is 3.23. The molecule has 0 saturated carbocycles. The summed E-state index contributed by atoms with van der Waals surface area (Å²) in [4.78, 5) is 28.1. The Kier molecular flexibility index (Phi) is 5.20. The van der Waals surface area contributed by atoms with Crippen molar-refractivity contribution in [3.63, 3.8) is 0 Å². The molecule has 0 amide bonds. The van der Waals surface area contributed by atoms with Gasteiger partial charge in [0.15, 0.2) is 10.9 Å². The van der Waals surface area contributed by atoms with Gasteiger partial charge in [-0.3, -0.25) is 9.59 Å². The number of ether oxygens (including phenoxy) is 1. The summed E-state index contributed by atoms with van der Waals surface area (Å²) in [5.41, 5.74) is 0.866. The number of nitrogens with zero attached hydrogens (tertiary/aromatic N) is 1. The first-order valence-electron chi connectivity index (χ1n) is 7.22. The number of aromatic nitrogens is 1. The summed E-state index contributed by atoms with van der Waals surface area (Å²) in [6, 6.07) is 11.3. The number of esters is 1. The molecular formula is C17H13NO5S2. The fourth-order valence-corrected chi connectivity index (χ4v) is 3.92. The molecule has 25 heavy (non-hydrogen) atoms. The Hall–Kier alpha value is -2.58. The van der Waals surface area contributed by atoms with Crippen molar-refractivity contribution in [1.82, 2.24) is 4.98 Å². The number of hydrogen-bond acceptors (Lipinski definition) is 8. The van der Waals surface area contributed by atoms with Gasteiger partial charge >= 0.3 is 5.97 Å². The van der Waals surface area contributed by atoms with Crippen LogP contribution in [-0.2, 0) is 9.53 Å². The summed E-state index contributed by atoms with van der Waals surface area (Å²) in [7, 11) is 0. The standard InChI is InChI=1S/C17H13NO5S2/c19-10-5-6-11(13(20)7-10)14(21)8-23-16(22)9-24-17-18-12-3-1-2-4-15(12)25-17/h1-7,19-20H,8-9H2. The number of hydrogen-bond donors (Lipinski definition) is 2. The maximum absolute atomic E-state index is 11.9. The van der Waals surface area contributed by atoms with Gasteiger partial charge < -0.3 is 14.9 Å². The first-order chi connectivity index (χ1) is 12.0. The van der Waals surface area contributed by atoms with E-state index in [-0.39, 0.29) is 22.8 Å². The number of aromatic hydroxyl groups is 2. The quantitative estimate of drug-likeness (QED) is 0.388. The molecule has 3 aromatic rings. The lowest BCUT2D eigenvalue weighted by Crippen LogP contribution is -2.15. The predicted molar refractivity (Wildman–Crippen MR) is 95.4 cm³/mol. The monoisotopic (exact) mass is 375 g/mol. The number of phenols is 2. The second-order valence-electron chi connectivity index (χ2n) is 5.02. The average Bonchev–Trinajstić information content (AvgIpc) is 3.01. The van der Waals surface area contributed by atoms with E-state index >= 15 is 0 Å². The van der Waals surface area contributed by atoms with Crippen LogP contribution in [0, 0.1) is 0 Å². The Morgan fingerprint density at radius 1 is 1.16 bits per heavy atom. The third-order valence-electron chi connectivity index (χ3n) is 3.23. The number of para-hydroxylation sites is 1. The van der Waals surface area contributed by atoms with Gasteiger partial charge in [-0.05, 0) is 24.3 Å². The number of ketones is 1. The van der Waals surface area contributed by atoms with Crippen molar-refractivity contribution in [2.45, 2.75) is 4.34 Å². The lowest BCUT2D eigenvalue weighted by molar-refractivity contribution is -0.139. The smallest absolute Gasteiger partial charge is 0.316 e. The number of carbonyl (C=O) groups is 2. The van der Waals surface area contributed by atoms with Crippen LogP contribution < -0.4 is 0 Å². The Bertz CT molecular complexity index is 905. The highest BCUT2D eigenvalue weighted by Crippen LogP contribution is 2.29. The van der Waals surface area contributed by atoms with Gasteiger partial charge in [-0.2, -0.15) is 0 Å². The number of thiazole rings is 1. The van der Waals surface area contributed by atoms with Crippen molar-refractivity contribution in [2.75, 3.05) is 12.4 Å². The topological polar surface area (TPSA) is 96.7 Å². The van der Waals surface area contributed by atoms with Crippen LogP contribution in [0.2, 0.25) is 0 Å². The first-order valence-corrected chi connectivity index (χ1v) is 9.02. The fourth-order valence-electron chi connectivity index (χ4n) is 2.05. The summed E-state index contributed by atoms with van der Waals surface area (Å²) in [5.74, 6) is -1.57. The highest BCUT2D eigenvalue weighted by Gasteiger charge is 2.15. The molecule has 0 saturated heterocycles. The molecular weight excluding hydrogens is 362 g/mol. The van der Waals surface area contributed by atoms with E-state index in [9.17, 15) is 19.8 Å². The molecule has 1 heterocycles. The van der Waals surface area contributed by atoms with E-state index in [2.05, 4.69) is 4.98 Å². The van der Waals surface area contributed by atoms with Crippen LogP contribution in [0.3, 0.4) is 0 Å². The lowest BCUT2D eigenvalue weighted by atomic mass is 10.1. The zero-order valence-electron chi connectivity index (χ0n) is 12.8. The summed E-state index contributed by atoms with van der Waals surface area (Å²) >= 11 is 2.73. The number of Topliss-reactive ketones (excluding diaryl/α,β-unsaturated/α-hetero) is 1. The molecule has 8 heteroatoms. The molecule has 2 aromatic carbocycles. The largest absolute Gasteiger partial charge is 0.508 e. The van der Waals surface area contributed by atoms with Crippen molar-refractivity contribution in [3.05, 3.63) is 48.0 Å². The fraction of sp³-hybridized carbons (Fsp3) is 0.118. The Morgan fingerprint density at radius 2 is 1.96 bits per heavy atom. The molecule has 0 aliphatic carbocycles. The van der Waals surface area contributed by atoms with Gasteiger partial charge in [0.1, 0.15) is 11.5 Å². The van der Waals surface area contributed by atoms with Gasteiger partial charge in [0.25, 0.3) is 0 Å². The Labute approximate surface area is 151 Å². The second-order valence-corrected chi connectivity index (χ2v) is 7.27. The molecule has 128 valence electrons. The highest BCUT2D eigenvalue weighted by molar-refractivity contribution is 8.01. The average molecular weight is 375 g/mol. The lowest BCUT2D eigenvalue weighted by Gasteiger charge is -2.05. The maximum atomic E-state index is 11.9. The van der Waals surface area contributed by atoms with Gasteiger partial charge in [0, 0.05) is 6.07 Å². The summed E-state index contributed by atoms with van der Waals surface area (Å²) in [6.45, 7) is -0.475. The minimum Gasteiger partial charge on any atom is -0.508 e. The molecule has 1 aromatic heterocycles. The van der Waals surface area contributed by atoms with Crippen molar-refractivity contribution >= 4 is 45.1 Å². The van der Waals surface area contributed by atoms with Gasteiger partial charge in [0.2, 0.25) is 5.78 Å². The van der Waals surface area contributed by atoms with Crippen molar-refractivity contribution in [1.29, 1.82) is 0 Å². The number of rotatable bonds is 6. The Balaban J connectivity index is 1.51. The van der Waals surface area contributed by atoms with E-state index in [4.69, 9.17) is 4.74 Å². The van der Waals surface area contributed by atoms with E-state index < -0.39 is 18.4 Å². The zero-order valence-corrected chi connectivity index (χ0v) is 14.5. The van der Waals surface area contributed by atoms with Gasteiger partial charge in [0.05, 0.1) is 21.5 Å². The highest BCUT2D eigenvalue weighted by atomic mass is 32.2. The Morgan fingerprint density at radius 3 is 2.72 bits per heavy atom. The van der Waals surface area contributed by atoms with Crippen molar-refractivity contribution < 1.29 is 24.5 Å². The SMILES string of the molecule is O=C(CSc1nc2ccccc2s1)OCC(=O)c1ccc(O)cc1O. The van der Waals surface area contributed by atoms with E-state index in [0.29, 0.717) is 0 Å². The van der Waals surface area contributed by atoms with Gasteiger partial charge in [-0.1, -0.05) is 23.9 Å². The molecule has 0 unspecified atom stereocenters. The minimum absolute atomic E-state index is 0.00979. The van der Waals surface area contributed by atoms with Crippen LogP contribution in [0.1, 0.15) is 10.4 Å². The van der Waals surface area contributed by atoms with Crippen molar-refractivity contribution in [3.8, 4) is 11.5 Å². The number of benzene rings is 2. The third kappa shape index (κ3) is 4.28. The number of phenolic OH excluding ortho intramolecular Hbond substituents is 2. The van der Waals surface area contributed by atoms with E-state index in [1.807, 2.05) is 24.3 Å². The maximum Gasteiger partial charge on any atom is 0.316 e. The van der Waals surface area contributed by atoms with Crippen LogP contribution in [-0.4, -0.2) is 39.3 Å². The molecule has 0 bridgehead atoms. The number of carbonyl (C=O) groups excluding carboxylic acids is 2. The van der Waals surface area contributed by atoms with Crippen molar-refractivity contribution in [2.24, 2.45) is 0 Å². The van der Waals surface area contributed by atoms with E-state index in [0.717, 1.165) is 20.6 Å². The van der Waals surface area contributed by atoms with Crippen LogP contribution in [0.4, 0.5) is 0 Å². The molecule has 0 aliphatic heterocycles. The van der Waals surface area contributed by atoms with Crippen LogP contribution in [0.5, 0.6) is 11.5 Å². The zero-order chi connectivity index (χ0) is 17.8. The van der Waals surface area contributed by atoms with Crippen LogP contribution in [0.25, 0.3) is 10.2 Å². The molecule has 0 atom stereocenters. The summed E-state index contributed by atoms with van der Waals surface area (Å²) in [6.07, 6.45) is 0. The molecule has 2 N–H and O–H groups in total. The van der Waals surface area contributed by atoms with Crippen LogP contribution >= 0.6 is 23.1 Å². The molecule has 0 fully saturated rings. The molecule has 6 nitrogen and oxygen atoms in total. The summed E-state index contributed by atoms with van der Waals surface area (Å²) in [5, 5.41) is 18.8. The second kappa shape index (κ2) is 7.54. The van der Waals surface area contributed by atoms with E-state index in [1.54, 1.807) is 0 Å². The molecule has 0 spiro atoms. The van der Waals surface area contributed by atoms with Gasteiger partial charge in [-0.15, -0.1) is 11.3 Å². The molecule has 3 rings (SSSR count). The first kappa shape index (κ1) is 17.2. The van der Waals surface area contributed by atoms with Gasteiger partial charge in [-0.25, -0.2) is 4.98 Å². The molecule has 0 aliphatic rings.